The Morgan fingerprint density at radius 2 is 2.27 bits per heavy atom. The van der Waals surface area contributed by atoms with Crippen molar-refractivity contribution >= 4 is 5.91 Å². The van der Waals surface area contributed by atoms with E-state index >= 15 is 0 Å². The fourth-order valence-corrected chi connectivity index (χ4v) is 2.33. The Kier molecular flexibility index (Phi) is 2.95. The summed E-state index contributed by atoms with van der Waals surface area (Å²) in [5.74, 6) is 0.0291. The standard InChI is InChI=1S/C10H19N3O2/c1-7(11)10(14)13-5-8-9(6-13)15-4-3-12(8)2/h7-9H,3-6,11H2,1-2H3/t7-,8-,9+/m0/s1. The van der Waals surface area contributed by atoms with E-state index in [9.17, 15) is 4.79 Å². The third-order valence-electron chi connectivity index (χ3n) is 3.28. The monoisotopic (exact) mass is 213 g/mol. The maximum Gasteiger partial charge on any atom is 0.239 e. The molecular formula is C10H19N3O2. The van der Waals surface area contributed by atoms with Gasteiger partial charge in [-0.15, -0.1) is 0 Å². The van der Waals surface area contributed by atoms with Crippen LogP contribution in [-0.4, -0.2) is 67.2 Å². The van der Waals surface area contributed by atoms with Crippen LogP contribution >= 0.6 is 0 Å². The number of likely N-dealkylation sites (N-methyl/N-ethyl adjacent to an activating group) is 1. The normalized spacial score (nSPS) is 33.9. The number of fused-ring (bicyclic) bond motifs is 1. The second kappa shape index (κ2) is 4.08. The number of morpholine rings is 1. The average molecular weight is 213 g/mol. The molecule has 15 heavy (non-hydrogen) atoms. The largest absolute Gasteiger partial charge is 0.373 e. The van der Waals surface area contributed by atoms with E-state index in [0.29, 0.717) is 12.6 Å². The highest BCUT2D eigenvalue weighted by Crippen LogP contribution is 2.21. The van der Waals surface area contributed by atoms with Crippen LogP contribution in [0, 0.1) is 0 Å². The van der Waals surface area contributed by atoms with E-state index in [1.807, 2.05) is 4.90 Å². The molecule has 0 saturated carbocycles. The molecule has 0 aromatic carbocycles. The number of carbonyl (C=O) groups excluding carboxylic acids is 1. The molecule has 0 radical (unpaired) electrons. The van der Waals surface area contributed by atoms with Crippen molar-refractivity contribution in [2.24, 2.45) is 5.73 Å². The first kappa shape index (κ1) is 10.9. The minimum absolute atomic E-state index is 0.0291. The molecule has 5 heteroatoms. The molecule has 2 saturated heterocycles. The maximum absolute atomic E-state index is 11.7. The fraction of sp³-hybridized carbons (Fsp3) is 0.900. The second-order valence-electron chi connectivity index (χ2n) is 4.49. The molecule has 2 aliphatic heterocycles. The molecule has 2 N–H and O–H groups in total. The van der Waals surface area contributed by atoms with Crippen LogP contribution in [0.25, 0.3) is 0 Å². The molecule has 2 heterocycles. The molecular weight excluding hydrogens is 194 g/mol. The van der Waals surface area contributed by atoms with Crippen molar-refractivity contribution in [2.45, 2.75) is 25.1 Å². The lowest BCUT2D eigenvalue weighted by Crippen LogP contribution is -2.48. The summed E-state index contributed by atoms with van der Waals surface area (Å²) >= 11 is 0. The number of likely N-dealkylation sites (tertiary alicyclic amines) is 1. The number of nitrogens with zero attached hydrogens (tertiary/aromatic N) is 2. The van der Waals surface area contributed by atoms with Gasteiger partial charge in [0.25, 0.3) is 0 Å². The van der Waals surface area contributed by atoms with Crippen LogP contribution in [0.4, 0.5) is 0 Å². The molecule has 0 spiro atoms. The van der Waals surface area contributed by atoms with Gasteiger partial charge in [-0.1, -0.05) is 0 Å². The second-order valence-corrected chi connectivity index (χ2v) is 4.49. The Hall–Kier alpha value is -0.650. The van der Waals surface area contributed by atoms with Crippen LogP contribution < -0.4 is 5.73 Å². The van der Waals surface area contributed by atoms with Crippen LogP contribution in [-0.2, 0) is 9.53 Å². The Labute approximate surface area is 90.1 Å². The number of rotatable bonds is 1. The van der Waals surface area contributed by atoms with E-state index in [4.69, 9.17) is 10.5 Å². The van der Waals surface area contributed by atoms with Gasteiger partial charge in [0.2, 0.25) is 5.91 Å². The summed E-state index contributed by atoms with van der Waals surface area (Å²) in [6, 6.07) is -0.0584. The zero-order chi connectivity index (χ0) is 11.0. The summed E-state index contributed by atoms with van der Waals surface area (Å²) in [5.41, 5.74) is 5.59. The van der Waals surface area contributed by atoms with E-state index in [2.05, 4.69) is 11.9 Å². The molecule has 2 fully saturated rings. The smallest absolute Gasteiger partial charge is 0.239 e. The number of ether oxygens (including phenoxy) is 1. The first-order chi connectivity index (χ1) is 7.09. The highest BCUT2D eigenvalue weighted by atomic mass is 16.5. The highest BCUT2D eigenvalue weighted by molar-refractivity contribution is 5.81. The zero-order valence-corrected chi connectivity index (χ0v) is 9.35. The van der Waals surface area contributed by atoms with Gasteiger partial charge in [0, 0.05) is 19.6 Å². The summed E-state index contributed by atoms with van der Waals surface area (Å²) in [7, 11) is 2.08. The molecule has 5 nitrogen and oxygen atoms in total. The minimum atomic E-state index is -0.407. The summed E-state index contributed by atoms with van der Waals surface area (Å²) in [6.45, 7) is 4.88. The molecule has 0 aromatic heterocycles. The van der Waals surface area contributed by atoms with E-state index in [-0.39, 0.29) is 12.0 Å². The van der Waals surface area contributed by atoms with Crippen molar-refractivity contribution in [1.82, 2.24) is 9.80 Å². The molecule has 86 valence electrons. The van der Waals surface area contributed by atoms with Crippen LogP contribution in [0.15, 0.2) is 0 Å². The third kappa shape index (κ3) is 2.00. The van der Waals surface area contributed by atoms with Crippen molar-refractivity contribution in [3.63, 3.8) is 0 Å². The number of nitrogens with two attached hydrogens (primary N) is 1. The molecule has 2 rings (SSSR count). The predicted molar refractivity (Wildman–Crippen MR) is 56.4 cm³/mol. The van der Waals surface area contributed by atoms with Gasteiger partial charge in [-0.05, 0) is 14.0 Å². The molecule has 0 aliphatic carbocycles. The maximum atomic E-state index is 11.7. The van der Waals surface area contributed by atoms with Gasteiger partial charge in [-0.2, -0.15) is 0 Å². The predicted octanol–water partition coefficient (Wildman–Crippen LogP) is -1.12. The van der Waals surface area contributed by atoms with E-state index in [1.165, 1.54) is 0 Å². The summed E-state index contributed by atoms with van der Waals surface area (Å²) in [4.78, 5) is 15.8. The lowest BCUT2D eigenvalue weighted by atomic mass is 10.1. The number of hydrogen-bond donors (Lipinski definition) is 1. The van der Waals surface area contributed by atoms with Crippen molar-refractivity contribution in [1.29, 1.82) is 0 Å². The molecule has 0 aromatic rings. The fourth-order valence-electron chi connectivity index (χ4n) is 2.33. The number of hydrogen-bond acceptors (Lipinski definition) is 4. The van der Waals surface area contributed by atoms with Crippen molar-refractivity contribution in [3.05, 3.63) is 0 Å². The zero-order valence-electron chi connectivity index (χ0n) is 9.35. The quantitative estimate of drug-likeness (QED) is 0.599. The number of amides is 1. The van der Waals surface area contributed by atoms with Gasteiger partial charge in [0.1, 0.15) is 0 Å². The molecule has 2 aliphatic rings. The topological polar surface area (TPSA) is 58.8 Å². The first-order valence-electron chi connectivity index (χ1n) is 5.46. The van der Waals surface area contributed by atoms with Gasteiger partial charge in [0.15, 0.2) is 0 Å². The Morgan fingerprint density at radius 3 is 2.87 bits per heavy atom. The molecule has 3 atom stereocenters. The molecule has 0 bridgehead atoms. The average Bonchev–Trinajstić information content (AvgIpc) is 2.61. The third-order valence-corrected chi connectivity index (χ3v) is 3.28. The van der Waals surface area contributed by atoms with Crippen molar-refractivity contribution < 1.29 is 9.53 Å². The SMILES string of the molecule is C[C@H](N)C(=O)N1C[C@H]2OCCN(C)[C@H]2C1. The number of carbonyl (C=O) groups is 1. The molecule has 0 unspecified atom stereocenters. The lowest BCUT2D eigenvalue weighted by Gasteiger charge is -2.33. The summed E-state index contributed by atoms with van der Waals surface area (Å²) in [6.07, 6.45) is 0.173. The van der Waals surface area contributed by atoms with Gasteiger partial charge in [-0.3, -0.25) is 9.69 Å². The summed E-state index contributed by atoms with van der Waals surface area (Å²) < 4.78 is 5.66. The van der Waals surface area contributed by atoms with Gasteiger partial charge in [0.05, 0.1) is 24.8 Å². The summed E-state index contributed by atoms with van der Waals surface area (Å²) in [5, 5.41) is 0. The van der Waals surface area contributed by atoms with Crippen LogP contribution in [0.3, 0.4) is 0 Å². The van der Waals surface area contributed by atoms with Crippen LogP contribution in [0.1, 0.15) is 6.92 Å². The first-order valence-corrected chi connectivity index (χ1v) is 5.46. The van der Waals surface area contributed by atoms with Gasteiger partial charge in [-0.25, -0.2) is 0 Å². The Bertz CT molecular complexity index is 257. The van der Waals surface area contributed by atoms with Crippen molar-refractivity contribution in [2.75, 3.05) is 33.3 Å². The minimum Gasteiger partial charge on any atom is -0.373 e. The Morgan fingerprint density at radius 1 is 1.53 bits per heavy atom. The van der Waals surface area contributed by atoms with Gasteiger partial charge >= 0.3 is 0 Å². The Balaban J connectivity index is 2.01. The van der Waals surface area contributed by atoms with Crippen LogP contribution in [0.5, 0.6) is 0 Å². The van der Waals surface area contributed by atoms with Gasteiger partial charge < -0.3 is 15.4 Å². The van der Waals surface area contributed by atoms with Crippen LogP contribution in [0.2, 0.25) is 0 Å². The van der Waals surface area contributed by atoms with Crippen molar-refractivity contribution in [3.8, 4) is 0 Å². The van der Waals surface area contributed by atoms with E-state index in [1.54, 1.807) is 6.92 Å². The van der Waals surface area contributed by atoms with E-state index < -0.39 is 6.04 Å². The lowest BCUT2D eigenvalue weighted by molar-refractivity contribution is -0.131. The van der Waals surface area contributed by atoms with E-state index in [0.717, 1.165) is 19.7 Å². The highest BCUT2D eigenvalue weighted by Gasteiger charge is 2.40. The molecule has 1 amide bonds.